The molecule has 1 amide bonds. The molecule has 0 radical (unpaired) electrons. The third kappa shape index (κ3) is 6.72. The molecule has 0 unspecified atom stereocenters. The average Bonchev–Trinajstić information content (AvgIpc) is 2.54. The Labute approximate surface area is 138 Å². The largest absolute Gasteiger partial charge is 0.497 e. The van der Waals surface area contributed by atoms with Crippen LogP contribution in [0.3, 0.4) is 0 Å². The molecule has 0 aliphatic rings. The Hall–Kier alpha value is -2.04. The van der Waals surface area contributed by atoms with E-state index in [0.29, 0.717) is 36.9 Å². The van der Waals surface area contributed by atoms with Gasteiger partial charge in [0, 0.05) is 18.7 Å². The topological polar surface area (TPSA) is 55.8 Å². The van der Waals surface area contributed by atoms with Crippen molar-refractivity contribution in [2.75, 3.05) is 26.8 Å². The van der Waals surface area contributed by atoms with Gasteiger partial charge in [-0.3, -0.25) is 9.59 Å². The van der Waals surface area contributed by atoms with Gasteiger partial charge in [0.25, 0.3) is 5.91 Å². The van der Waals surface area contributed by atoms with Crippen molar-refractivity contribution >= 4 is 11.9 Å². The number of ether oxygens (including phenoxy) is 2. The van der Waals surface area contributed by atoms with Crippen molar-refractivity contribution in [3.8, 4) is 5.75 Å². The van der Waals surface area contributed by atoms with Crippen LogP contribution in [0.25, 0.3) is 0 Å². The summed E-state index contributed by atoms with van der Waals surface area (Å²) in [5, 5.41) is 0. The maximum absolute atomic E-state index is 12.7. The van der Waals surface area contributed by atoms with Crippen LogP contribution < -0.4 is 4.74 Å². The predicted molar refractivity (Wildman–Crippen MR) is 89.6 cm³/mol. The van der Waals surface area contributed by atoms with Crippen molar-refractivity contribution in [3.63, 3.8) is 0 Å². The highest BCUT2D eigenvalue weighted by Crippen LogP contribution is 2.14. The lowest BCUT2D eigenvalue weighted by Gasteiger charge is -2.23. The Kier molecular flexibility index (Phi) is 8.16. The number of hydrogen-bond acceptors (Lipinski definition) is 4. The van der Waals surface area contributed by atoms with Crippen molar-refractivity contribution in [2.45, 2.75) is 33.6 Å². The molecule has 0 atom stereocenters. The fourth-order valence-corrected chi connectivity index (χ4v) is 2.10. The molecule has 0 fully saturated rings. The molecular weight excluding hydrogens is 294 g/mol. The molecule has 0 aliphatic carbocycles. The van der Waals surface area contributed by atoms with E-state index in [1.165, 1.54) is 0 Å². The molecule has 0 bridgehead atoms. The molecule has 0 N–H and O–H groups in total. The molecule has 0 heterocycles. The number of methoxy groups -OCH3 is 1. The minimum Gasteiger partial charge on any atom is -0.497 e. The minimum atomic E-state index is -0.274. The molecule has 0 aromatic heterocycles. The molecule has 23 heavy (non-hydrogen) atoms. The highest BCUT2D eigenvalue weighted by Gasteiger charge is 2.17. The van der Waals surface area contributed by atoms with E-state index in [-0.39, 0.29) is 18.3 Å². The lowest BCUT2D eigenvalue weighted by atomic mass is 10.1. The summed E-state index contributed by atoms with van der Waals surface area (Å²) < 4.78 is 10.0. The first-order chi connectivity index (χ1) is 11.0. The van der Waals surface area contributed by atoms with Gasteiger partial charge in [-0.2, -0.15) is 0 Å². The number of benzene rings is 1. The molecule has 1 aromatic rings. The number of esters is 1. The van der Waals surface area contributed by atoms with E-state index >= 15 is 0 Å². The number of rotatable bonds is 9. The van der Waals surface area contributed by atoms with E-state index < -0.39 is 0 Å². The zero-order valence-electron chi connectivity index (χ0n) is 14.5. The summed E-state index contributed by atoms with van der Waals surface area (Å²) in [6.07, 6.45) is 1.11. The molecular formula is C18H27NO4. The van der Waals surface area contributed by atoms with Crippen LogP contribution in [0.15, 0.2) is 24.3 Å². The number of carbonyl (C=O) groups is 2. The highest BCUT2D eigenvalue weighted by atomic mass is 16.5. The SMILES string of the molecule is CCOC(=O)CCN(CCC(C)C)C(=O)c1ccc(OC)cc1. The van der Waals surface area contributed by atoms with Crippen molar-refractivity contribution in [3.05, 3.63) is 29.8 Å². The highest BCUT2D eigenvalue weighted by molar-refractivity contribution is 5.94. The third-order valence-corrected chi connectivity index (χ3v) is 3.49. The van der Waals surface area contributed by atoms with Crippen LogP contribution in [-0.2, 0) is 9.53 Å². The van der Waals surface area contributed by atoms with Crippen LogP contribution in [0.4, 0.5) is 0 Å². The van der Waals surface area contributed by atoms with Crippen LogP contribution in [-0.4, -0.2) is 43.6 Å². The maximum atomic E-state index is 12.7. The molecule has 128 valence electrons. The summed E-state index contributed by atoms with van der Waals surface area (Å²) in [6, 6.07) is 7.01. The summed E-state index contributed by atoms with van der Waals surface area (Å²) in [5.74, 6) is 0.854. The molecule has 0 saturated heterocycles. The first kappa shape index (κ1) is 19.0. The fraction of sp³-hybridized carbons (Fsp3) is 0.556. The average molecular weight is 321 g/mol. The molecule has 5 heteroatoms. The van der Waals surface area contributed by atoms with Crippen LogP contribution in [0.1, 0.15) is 44.0 Å². The van der Waals surface area contributed by atoms with E-state index in [9.17, 15) is 9.59 Å². The van der Waals surface area contributed by atoms with E-state index in [4.69, 9.17) is 9.47 Å². The second kappa shape index (κ2) is 9.87. The summed E-state index contributed by atoms with van der Waals surface area (Å²) in [5.41, 5.74) is 0.596. The van der Waals surface area contributed by atoms with Gasteiger partial charge >= 0.3 is 5.97 Å². The van der Waals surface area contributed by atoms with E-state index in [1.807, 2.05) is 0 Å². The van der Waals surface area contributed by atoms with Crippen LogP contribution >= 0.6 is 0 Å². The summed E-state index contributed by atoms with van der Waals surface area (Å²) in [6.45, 7) is 7.36. The molecule has 1 aromatic carbocycles. The van der Waals surface area contributed by atoms with E-state index in [0.717, 1.165) is 6.42 Å². The summed E-state index contributed by atoms with van der Waals surface area (Å²) in [7, 11) is 1.59. The van der Waals surface area contributed by atoms with Crippen molar-refractivity contribution in [2.24, 2.45) is 5.92 Å². The Morgan fingerprint density at radius 2 is 1.78 bits per heavy atom. The third-order valence-electron chi connectivity index (χ3n) is 3.49. The molecule has 1 rings (SSSR count). The summed E-state index contributed by atoms with van der Waals surface area (Å²) >= 11 is 0. The Morgan fingerprint density at radius 1 is 1.13 bits per heavy atom. The first-order valence-corrected chi connectivity index (χ1v) is 8.06. The minimum absolute atomic E-state index is 0.0717. The normalized spacial score (nSPS) is 10.5. The van der Waals surface area contributed by atoms with E-state index in [1.54, 1.807) is 43.2 Å². The predicted octanol–water partition coefficient (Wildman–Crippen LogP) is 3.14. The number of hydrogen-bond donors (Lipinski definition) is 0. The Morgan fingerprint density at radius 3 is 2.30 bits per heavy atom. The Bertz CT molecular complexity index is 496. The Balaban J connectivity index is 2.75. The second-order valence-corrected chi connectivity index (χ2v) is 5.76. The smallest absolute Gasteiger partial charge is 0.307 e. The van der Waals surface area contributed by atoms with Gasteiger partial charge in [-0.1, -0.05) is 13.8 Å². The molecule has 5 nitrogen and oxygen atoms in total. The van der Waals surface area contributed by atoms with Crippen molar-refractivity contribution in [1.82, 2.24) is 4.90 Å². The lowest BCUT2D eigenvalue weighted by molar-refractivity contribution is -0.143. The van der Waals surface area contributed by atoms with Crippen molar-refractivity contribution in [1.29, 1.82) is 0 Å². The zero-order chi connectivity index (χ0) is 17.2. The molecule has 0 saturated carbocycles. The standard InChI is InChI=1S/C18H27NO4/c1-5-23-17(20)11-13-19(12-10-14(2)3)18(21)15-6-8-16(22-4)9-7-15/h6-9,14H,5,10-13H2,1-4H3. The summed E-state index contributed by atoms with van der Waals surface area (Å²) in [4.78, 5) is 25.9. The van der Waals surface area contributed by atoms with Crippen molar-refractivity contribution < 1.29 is 19.1 Å². The van der Waals surface area contributed by atoms with Gasteiger partial charge < -0.3 is 14.4 Å². The zero-order valence-corrected chi connectivity index (χ0v) is 14.5. The van der Waals surface area contributed by atoms with Gasteiger partial charge in [0.05, 0.1) is 20.1 Å². The van der Waals surface area contributed by atoms with Gasteiger partial charge in [0.2, 0.25) is 0 Å². The van der Waals surface area contributed by atoms with Crippen LogP contribution in [0.5, 0.6) is 5.75 Å². The monoisotopic (exact) mass is 321 g/mol. The van der Waals surface area contributed by atoms with Gasteiger partial charge in [-0.15, -0.1) is 0 Å². The van der Waals surface area contributed by atoms with Crippen LogP contribution in [0, 0.1) is 5.92 Å². The van der Waals surface area contributed by atoms with E-state index in [2.05, 4.69) is 13.8 Å². The second-order valence-electron chi connectivity index (χ2n) is 5.76. The van der Waals surface area contributed by atoms with Gasteiger partial charge in [-0.05, 0) is 43.5 Å². The van der Waals surface area contributed by atoms with Gasteiger partial charge in [0.1, 0.15) is 5.75 Å². The number of carbonyl (C=O) groups excluding carboxylic acids is 2. The fourth-order valence-electron chi connectivity index (χ4n) is 2.10. The van der Waals surface area contributed by atoms with Crippen LogP contribution in [0.2, 0.25) is 0 Å². The quantitative estimate of drug-likeness (QED) is 0.656. The first-order valence-electron chi connectivity index (χ1n) is 8.06. The van der Waals surface area contributed by atoms with Gasteiger partial charge in [-0.25, -0.2) is 0 Å². The number of nitrogens with zero attached hydrogens (tertiary/aromatic N) is 1. The van der Waals surface area contributed by atoms with Gasteiger partial charge in [0.15, 0.2) is 0 Å². The number of amides is 1. The maximum Gasteiger partial charge on any atom is 0.307 e. The molecule has 0 aliphatic heterocycles. The lowest BCUT2D eigenvalue weighted by Crippen LogP contribution is -2.34. The molecule has 0 spiro atoms.